The highest BCUT2D eigenvalue weighted by Gasteiger charge is 2.43. The Kier molecular flexibility index (Phi) is 6.78. The lowest BCUT2D eigenvalue weighted by atomic mass is 9.79. The van der Waals surface area contributed by atoms with E-state index in [0.29, 0.717) is 0 Å². The van der Waals surface area contributed by atoms with Gasteiger partial charge in [0.25, 0.3) is 0 Å². The van der Waals surface area contributed by atoms with E-state index in [0.717, 1.165) is 26.0 Å². The molecule has 1 atom stereocenters. The molecule has 1 aliphatic rings. The Morgan fingerprint density at radius 1 is 1.11 bits per heavy atom. The van der Waals surface area contributed by atoms with Gasteiger partial charge in [-0.05, 0) is 52.6 Å². The molecule has 0 bridgehead atoms. The number of rotatable bonds is 8. The molecular formula is C16H34N2O. The van der Waals surface area contributed by atoms with Crippen molar-refractivity contribution in [3.8, 4) is 0 Å². The summed E-state index contributed by atoms with van der Waals surface area (Å²) < 4.78 is 5.90. The lowest BCUT2D eigenvalue weighted by molar-refractivity contribution is -0.118. The summed E-state index contributed by atoms with van der Waals surface area (Å²) in [4.78, 5) is 2.67. The van der Waals surface area contributed by atoms with E-state index in [4.69, 9.17) is 10.5 Å². The molecule has 19 heavy (non-hydrogen) atoms. The second-order valence-electron chi connectivity index (χ2n) is 6.66. The maximum Gasteiger partial charge on any atom is 0.0644 e. The highest BCUT2D eigenvalue weighted by Crippen LogP contribution is 2.36. The van der Waals surface area contributed by atoms with Crippen LogP contribution in [0, 0.1) is 0 Å². The molecule has 1 saturated heterocycles. The van der Waals surface area contributed by atoms with Crippen molar-refractivity contribution in [2.75, 3.05) is 26.2 Å². The standard InChI is InChI=1S/C16H34N2O/c1-5-7-10-18(11-8-6-2)16(14-17)9-12-19-15(3,4)13-16/h5-14,17H2,1-4H3. The predicted molar refractivity (Wildman–Crippen MR) is 82.4 cm³/mol. The normalized spacial score (nSPS) is 26.8. The van der Waals surface area contributed by atoms with Crippen LogP contribution < -0.4 is 5.73 Å². The molecule has 1 rings (SSSR count). The van der Waals surface area contributed by atoms with Gasteiger partial charge in [0.05, 0.1) is 5.60 Å². The van der Waals surface area contributed by atoms with Crippen molar-refractivity contribution in [3.63, 3.8) is 0 Å². The fourth-order valence-corrected chi connectivity index (χ4v) is 3.31. The van der Waals surface area contributed by atoms with Crippen LogP contribution in [0.25, 0.3) is 0 Å². The van der Waals surface area contributed by atoms with Gasteiger partial charge < -0.3 is 10.5 Å². The maximum atomic E-state index is 6.21. The molecule has 0 aromatic carbocycles. The molecule has 1 aliphatic heterocycles. The number of hydrogen-bond acceptors (Lipinski definition) is 3. The quantitative estimate of drug-likeness (QED) is 0.736. The van der Waals surface area contributed by atoms with Crippen LogP contribution in [0.15, 0.2) is 0 Å². The molecule has 3 nitrogen and oxygen atoms in total. The van der Waals surface area contributed by atoms with Crippen LogP contribution in [0.3, 0.4) is 0 Å². The molecule has 1 unspecified atom stereocenters. The van der Waals surface area contributed by atoms with Gasteiger partial charge in [0.1, 0.15) is 0 Å². The van der Waals surface area contributed by atoms with Crippen LogP contribution in [0.1, 0.15) is 66.2 Å². The highest BCUT2D eigenvalue weighted by molar-refractivity contribution is 4.99. The Balaban J connectivity index is 2.79. The fraction of sp³-hybridized carbons (Fsp3) is 1.00. The highest BCUT2D eigenvalue weighted by atomic mass is 16.5. The van der Waals surface area contributed by atoms with E-state index in [9.17, 15) is 0 Å². The molecule has 0 aliphatic carbocycles. The van der Waals surface area contributed by atoms with Gasteiger partial charge in [0.2, 0.25) is 0 Å². The van der Waals surface area contributed by atoms with Crippen molar-refractivity contribution in [1.82, 2.24) is 4.90 Å². The minimum atomic E-state index is -0.0334. The molecule has 0 aromatic heterocycles. The molecule has 0 spiro atoms. The van der Waals surface area contributed by atoms with Gasteiger partial charge in [-0.15, -0.1) is 0 Å². The third-order valence-electron chi connectivity index (χ3n) is 4.43. The molecule has 1 heterocycles. The largest absolute Gasteiger partial charge is 0.375 e. The molecule has 2 N–H and O–H groups in total. The van der Waals surface area contributed by atoms with Gasteiger partial charge in [-0.25, -0.2) is 0 Å². The van der Waals surface area contributed by atoms with Gasteiger partial charge in [0, 0.05) is 18.7 Å². The zero-order valence-corrected chi connectivity index (χ0v) is 13.5. The SMILES string of the molecule is CCCCN(CCCC)C1(CN)CCOC(C)(C)C1. The summed E-state index contributed by atoms with van der Waals surface area (Å²) in [5, 5.41) is 0. The van der Waals surface area contributed by atoms with Crippen LogP contribution in [-0.4, -0.2) is 42.3 Å². The van der Waals surface area contributed by atoms with Crippen LogP contribution >= 0.6 is 0 Å². The molecule has 3 heteroatoms. The van der Waals surface area contributed by atoms with Gasteiger partial charge in [-0.3, -0.25) is 4.90 Å². The molecule has 114 valence electrons. The summed E-state index contributed by atoms with van der Waals surface area (Å²) in [7, 11) is 0. The Hall–Kier alpha value is -0.120. The summed E-state index contributed by atoms with van der Waals surface area (Å²) in [6, 6.07) is 0. The van der Waals surface area contributed by atoms with Crippen molar-refractivity contribution in [3.05, 3.63) is 0 Å². The van der Waals surface area contributed by atoms with E-state index in [-0.39, 0.29) is 11.1 Å². The summed E-state index contributed by atoms with van der Waals surface area (Å²) in [5.41, 5.74) is 6.33. The van der Waals surface area contributed by atoms with Crippen molar-refractivity contribution in [2.24, 2.45) is 5.73 Å². The first kappa shape index (κ1) is 16.9. The first-order valence-corrected chi connectivity index (χ1v) is 8.09. The van der Waals surface area contributed by atoms with E-state index in [1.807, 2.05) is 0 Å². The third-order valence-corrected chi connectivity index (χ3v) is 4.43. The summed E-state index contributed by atoms with van der Waals surface area (Å²) in [5.74, 6) is 0. The van der Waals surface area contributed by atoms with E-state index in [1.165, 1.54) is 38.8 Å². The maximum absolute atomic E-state index is 6.21. The first-order chi connectivity index (χ1) is 8.99. The number of nitrogens with two attached hydrogens (primary N) is 1. The number of hydrogen-bond donors (Lipinski definition) is 1. The molecule has 0 amide bonds. The fourth-order valence-electron chi connectivity index (χ4n) is 3.31. The Labute approximate surface area is 119 Å². The Bertz CT molecular complexity index is 247. The molecule has 0 radical (unpaired) electrons. The second kappa shape index (κ2) is 7.61. The van der Waals surface area contributed by atoms with Crippen molar-refractivity contribution in [2.45, 2.75) is 77.4 Å². The number of unbranched alkanes of at least 4 members (excludes halogenated alkanes) is 2. The van der Waals surface area contributed by atoms with Crippen molar-refractivity contribution in [1.29, 1.82) is 0 Å². The smallest absolute Gasteiger partial charge is 0.0644 e. The molecule has 1 fully saturated rings. The zero-order valence-electron chi connectivity index (χ0n) is 13.5. The summed E-state index contributed by atoms with van der Waals surface area (Å²) in [6.45, 7) is 12.9. The summed E-state index contributed by atoms with van der Waals surface area (Å²) >= 11 is 0. The average molecular weight is 270 g/mol. The first-order valence-electron chi connectivity index (χ1n) is 8.09. The average Bonchev–Trinajstić information content (AvgIpc) is 2.37. The predicted octanol–water partition coefficient (Wildman–Crippen LogP) is 3.18. The van der Waals surface area contributed by atoms with Gasteiger partial charge >= 0.3 is 0 Å². The molecule has 0 aromatic rings. The van der Waals surface area contributed by atoms with Gasteiger partial charge in [-0.2, -0.15) is 0 Å². The summed E-state index contributed by atoms with van der Waals surface area (Å²) in [6.07, 6.45) is 7.19. The minimum absolute atomic E-state index is 0.0334. The molecular weight excluding hydrogens is 236 g/mol. The topological polar surface area (TPSA) is 38.5 Å². The van der Waals surface area contributed by atoms with Gasteiger partial charge in [0.15, 0.2) is 0 Å². The van der Waals surface area contributed by atoms with Crippen molar-refractivity contribution < 1.29 is 4.74 Å². The third kappa shape index (κ3) is 4.73. The lowest BCUT2D eigenvalue weighted by Crippen LogP contribution is -2.61. The Morgan fingerprint density at radius 2 is 1.68 bits per heavy atom. The number of nitrogens with zero attached hydrogens (tertiary/aromatic N) is 1. The zero-order chi connectivity index (χ0) is 14.4. The van der Waals surface area contributed by atoms with E-state index < -0.39 is 0 Å². The minimum Gasteiger partial charge on any atom is -0.375 e. The number of ether oxygens (including phenoxy) is 1. The lowest BCUT2D eigenvalue weighted by Gasteiger charge is -2.51. The van der Waals surface area contributed by atoms with E-state index in [2.05, 4.69) is 32.6 Å². The van der Waals surface area contributed by atoms with Crippen LogP contribution in [0.4, 0.5) is 0 Å². The van der Waals surface area contributed by atoms with Crippen molar-refractivity contribution >= 4 is 0 Å². The van der Waals surface area contributed by atoms with Gasteiger partial charge in [-0.1, -0.05) is 26.7 Å². The Morgan fingerprint density at radius 3 is 2.11 bits per heavy atom. The van der Waals surface area contributed by atoms with Crippen LogP contribution in [-0.2, 0) is 4.74 Å². The van der Waals surface area contributed by atoms with E-state index in [1.54, 1.807) is 0 Å². The van der Waals surface area contributed by atoms with E-state index >= 15 is 0 Å². The van der Waals surface area contributed by atoms with Crippen LogP contribution in [0.2, 0.25) is 0 Å². The monoisotopic (exact) mass is 270 g/mol. The second-order valence-corrected chi connectivity index (χ2v) is 6.66. The molecule has 0 saturated carbocycles. The van der Waals surface area contributed by atoms with Crippen LogP contribution in [0.5, 0.6) is 0 Å².